The highest BCUT2D eigenvalue weighted by molar-refractivity contribution is 5.41. The van der Waals surface area contributed by atoms with Gasteiger partial charge >= 0.3 is 0 Å². The van der Waals surface area contributed by atoms with Crippen molar-refractivity contribution in [2.75, 3.05) is 27.2 Å². The SMILES string of the molecule is Cc1cccc(CC(C)N)c1OCCCN(C)C. The van der Waals surface area contributed by atoms with Gasteiger partial charge in [-0.15, -0.1) is 0 Å². The first-order valence-corrected chi connectivity index (χ1v) is 6.62. The minimum atomic E-state index is 0.163. The van der Waals surface area contributed by atoms with Gasteiger partial charge < -0.3 is 15.4 Å². The summed E-state index contributed by atoms with van der Waals surface area (Å²) in [4.78, 5) is 2.17. The zero-order chi connectivity index (χ0) is 13.5. The van der Waals surface area contributed by atoms with E-state index in [1.165, 1.54) is 11.1 Å². The molecule has 0 amide bonds. The molecular weight excluding hydrogens is 224 g/mol. The molecule has 0 saturated heterocycles. The molecule has 0 saturated carbocycles. The summed E-state index contributed by atoms with van der Waals surface area (Å²) in [7, 11) is 4.16. The smallest absolute Gasteiger partial charge is 0.125 e. The second-order valence-corrected chi connectivity index (χ2v) is 5.25. The van der Waals surface area contributed by atoms with Crippen LogP contribution in [0.3, 0.4) is 0 Å². The molecule has 0 aliphatic heterocycles. The number of para-hydroxylation sites is 1. The number of nitrogens with zero attached hydrogens (tertiary/aromatic N) is 1. The Kier molecular flexibility index (Phi) is 6.16. The van der Waals surface area contributed by atoms with E-state index >= 15 is 0 Å². The van der Waals surface area contributed by atoms with Crippen molar-refractivity contribution in [3.8, 4) is 5.75 Å². The molecule has 0 radical (unpaired) electrons. The number of aryl methyl sites for hydroxylation is 1. The van der Waals surface area contributed by atoms with E-state index < -0.39 is 0 Å². The predicted octanol–water partition coefficient (Wildman–Crippen LogP) is 2.22. The van der Waals surface area contributed by atoms with Crippen LogP contribution in [0.4, 0.5) is 0 Å². The largest absolute Gasteiger partial charge is 0.493 e. The molecule has 0 aliphatic rings. The minimum Gasteiger partial charge on any atom is -0.493 e. The Morgan fingerprint density at radius 3 is 2.67 bits per heavy atom. The van der Waals surface area contributed by atoms with Crippen LogP contribution in [-0.2, 0) is 6.42 Å². The molecule has 3 nitrogen and oxygen atoms in total. The average Bonchev–Trinajstić information content (AvgIpc) is 2.26. The Balaban J connectivity index is 2.62. The Hall–Kier alpha value is -1.06. The van der Waals surface area contributed by atoms with Gasteiger partial charge in [-0.25, -0.2) is 0 Å². The Bertz CT molecular complexity index is 362. The first-order chi connectivity index (χ1) is 8.50. The molecule has 1 atom stereocenters. The zero-order valence-electron chi connectivity index (χ0n) is 12.1. The van der Waals surface area contributed by atoms with Crippen molar-refractivity contribution in [2.24, 2.45) is 5.73 Å². The van der Waals surface area contributed by atoms with Crippen LogP contribution in [0.5, 0.6) is 5.75 Å². The average molecular weight is 250 g/mol. The van der Waals surface area contributed by atoms with E-state index in [1.54, 1.807) is 0 Å². The Morgan fingerprint density at radius 1 is 1.33 bits per heavy atom. The van der Waals surface area contributed by atoms with Crippen LogP contribution in [0.15, 0.2) is 18.2 Å². The summed E-state index contributed by atoms with van der Waals surface area (Å²) in [5.41, 5.74) is 8.29. The third-order valence-corrected chi connectivity index (χ3v) is 2.83. The fourth-order valence-corrected chi connectivity index (χ4v) is 1.98. The summed E-state index contributed by atoms with van der Waals surface area (Å²) >= 11 is 0. The number of ether oxygens (including phenoxy) is 1. The third kappa shape index (κ3) is 5.07. The van der Waals surface area contributed by atoms with Crippen LogP contribution < -0.4 is 10.5 Å². The zero-order valence-corrected chi connectivity index (χ0v) is 12.1. The molecule has 0 spiro atoms. The number of hydrogen-bond donors (Lipinski definition) is 1. The van der Waals surface area contributed by atoms with E-state index in [9.17, 15) is 0 Å². The summed E-state index contributed by atoms with van der Waals surface area (Å²) in [6.45, 7) is 5.92. The quantitative estimate of drug-likeness (QED) is 0.754. The second-order valence-electron chi connectivity index (χ2n) is 5.25. The maximum absolute atomic E-state index is 5.94. The van der Waals surface area contributed by atoms with E-state index in [0.29, 0.717) is 0 Å². The molecule has 102 valence electrons. The molecule has 1 rings (SSSR count). The van der Waals surface area contributed by atoms with Crippen LogP contribution in [0.1, 0.15) is 24.5 Å². The first kappa shape index (κ1) is 15.0. The number of rotatable bonds is 7. The van der Waals surface area contributed by atoms with Gasteiger partial charge in [-0.2, -0.15) is 0 Å². The summed E-state index contributed by atoms with van der Waals surface area (Å²) < 4.78 is 5.94. The lowest BCUT2D eigenvalue weighted by Gasteiger charge is -2.16. The van der Waals surface area contributed by atoms with Crippen LogP contribution in [0.2, 0.25) is 0 Å². The molecule has 0 aromatic heterocycles. The highest BCUT2D eigenvalue weighted by atomic mass is 16.5. The summed E-state index contributed by atoms with van der Waals surface area (Å²) in [6, 6.07) is 6.43. The lowest BCUT2D eigenvalue weighted by atomic mass is 10.0. The van der Waals surface area contributed by atoms with Crippen molar-refractivity contribution in [3.63, 3.8) is 0 Å². The monoisotopic (exact) mass is 250 g/mol. The van der Waals surface area contributed by atoms with Crippen molar-refractivity contribution in [1.29, 1.82) is 0 Å². The van der Waals surface area contributed by atoms with E-state index in [-0.39, 0.29) is 6.04 Å². The van der Waals surface area contributed by atoms with Gasteiger partial charge in [0.1, 0.15) is 5.75 Å². The van der Waals surface area contributed by atoms with E-state index in [0.717, 1.165) is 31.7 Å². The van der Waals surface area contributed by atoms with Crippen LogP contribution in [0, 0.1) is 6.92 Å². The first-order valence-electron chi connectivity index (χ1n) is 6.62. The lowest BCUT2D eigenvalue weighted by Crippen LogP contribution is -2.19. The topological polar surface area (TPSA) is 38.5 Å². The standard InChI is InChI=1S/C15H26N2O/c1-12-7-5-8-14(11-13(2)16)15(12)18-10-6-9-17(3)4/h5,7-8,13H,6,9-11,16H2,1-4H3. The van der Waals surface area contributed by atoms with Gasteiger partial charge in [0.15, 0.2) is 0 Å². The molecule has 18 heavy (non-hydrogen) atoms. The molecule has 2 N–H and O–H groups in total. The van der Waals surface area contributed by atoms with Crippen LogP contribution in [-0.4, -0.2) is 38.2 Å². The molecule has 1 unspecified atom stereocenters. The Morgan fingerprint density at radius 2 is 2.06 bits per heavy atom. The number of hydrogen-bond acceptors (Lipinski definition) is 3. The van der Waals surface area contributed by atoms with Crippen molar-refractivity contribution in [2.45, 2.75) is 32.7 Å². The molecule has 0 fully saturated rings. The van der Waals surface area contributed by atoms with Crippen molar-refractivity contribution >= 4 is 0 Å². The van der Waals surface area contributed by atoms with Gasteiger partial charge in [0.05, 0.1) is 6.61 Å². The highest BCUT2D eigenvalue weighted by Gasteiger charge is 2.08. The van der Waals surface area contributed by atoms with Gasteiger partial charge in [-0.05, 0) is 51.9 Å². The molecule has 3 heteroatoms. The third-order valence-electron chi connectivity index (χ3n) is 2.83. The van der Waals surface area contributed by atoms with Crippen LogP contribution >= 0.6 is 0 Å². The van der Waals surface area contributed by atoms with Gasteiger partial charge in [0.2, 0.25) is 0 Å². The van der Waals surface area contributed by atoms with E-state index in [2.05, 4.69) is 44.1 Å². The number of nitrogens with two attached hydrogens (primary N) is 1. The molecule has 1 aromatic rings. The summed E-state index contributed by atoms with van der Waals surface area (Å²) in [6.07, 6.45) is 1.91. The highest BCUT2D eigenvalue weighted by Crippen LogP contribution is 2.24. The van der Waals surface area contributed by atoms with Gasteiger partial charge in [-0.3, -0.25) is 0 Å². The lowest BCUT2D eigenvalue weighted by molar-refractivity contribution is 0.277. The van der Waals surface area contributed by atoms with Gasteiger partial charge in [0, 0.05) is 12.6 Å². The maximum Gasteiger partial charge on any atom is 0.125 e. The predicted molar refractivity (Wildman–Crippen MR) is 77.2 cm³/mol. The normalized spacial score (nSPS) is 12.8. The van der Waals surface area contributed by atoms with Crippen molar-refractivity contribution in [3.05, 3.63) is 29.3 Å². The summed E-state index contributed by atoms with van der Waals surface area (Å²) in [5, 5.41) is 0. The second kappa shape index (κ2) is 7.39. The van der Waals surface area contributed by atoms with Crippen LogP contribution in [0.25, 0.3) is 0 Å². The van der Waals surface area contributed by atoms with Gasteiger partial charge in [-0.1, -0.05) is 18.2 Å². The molecular formula is C15H26N2O. The fourth-order valence-electron chi connectivity index (χ4n) is 1.98. The molecule has 0 aliphatic carbocycles. The van der Waals surface area contributed by atoms with Gasteiger partial charge in [0.25, 0.3) is 0 Å². The van der Waals surface area contributed by atoms with Crippen molar-refractivity contribution < 1.29 is 4.74 Å². The maximum atomic E-state index is 5.94. The Labute approximate surface area is 111 Å². The van der Waals surface area contributed by atoms with Crippen molar-refractivity contribution in [1.82, 2.24) is 4.90 Å². The fraction of sp³-hybridized carbons (Fsp3) is 0.600. The summed E-state index contributed by atoms with van der Waals surface area (Å²) in [5.74, 6) is 1.02. The molecule has 0 heterocycles. The molecule has 0 bridgehead atoms. The molecule has 1 aromatic carbocycles. The van der Waals surface area contributed by atoms with E-state index in [4.69, 9.17) is 10.5 Å². The minimum absolute atomic E-state index is 0.163. The van der Waals surface area contributed by atoms with E-state index in [1.807, 2.05) is 6.92 Å². The number of benzene rings is 1.